The highest BCUT2D eigenvalue weighted by atomic mass is 16.5. The highest BCUT2D eigenvalue weighted by Gasteiger charge is 2.55. The molecule has 1 fully saturated rings. The number of ether oxygens (including phenoxy) is 2. The van der Waals surface area contributed by atoms with Crippen molar-refractivity contribution >= 4 is 11.9 Å². The first-order chi connectivity index (χ1) is 13.5. The SMILES string of the molecule is CCOc1ccccc1C(=O)N1CC2COc3ccccc3C[C@@]2(C(=O)O)C1. The van der Waals surface area contributed by atoms with E-state index in [0.717, 1.165) is 11.3 Å². The molecule has 2 atom stereocenters. The van der Waals surface area contributed by atoms with Crippen LogP contribution >= 0.6 is 0 Å². The number of carbonyl (C=O) groups excluding carboxylic acids is 1. The van der Waals surface area contributed by atoms with Crippen molar-refractivity contribution in [1.29, 1.82) is 0 Å². The molecule has 2 aromatic rings. The maximum absolute atomic E-state index is 13.2. The average molecular weight is 381 g/mol. The standard InChI is InChI=1S/C22H23NO5/c1-2-27-19-10-6-4-8-17(19)20(24)23-12-16-13-28-18-9-5-3-7-15(18)11-22(16,14-23)21(25)26/h3-10,16H,2,11-14H2,1H3,(H,25,26)/t16?,22-/m1/s1. The molecule has 28 heavy (non-hydrogen) atoms. The molecular weight excluding hydrogens is 358 g/mol. The van der Waals surface area contributed by atoms with Crippen LogP contribution in [0.3, 0.4) is 0 Å². The molecule has 1 N–H and O–H groups in total. The molecule has 146 valence electrons. The van der Waals surface area contributed by atoms with Crippen LogP contribution in [-0.2, 0) is 11.2 Å². The summed E-state index contributed by atoms with van der Waals surface area (Å²) in [5, 5.41) is 10.1. The lowest BCUT2D eigenvalue weighted by molar-refractivity contribution is -0.150. The molecule has 2 aliphatic rings. The minimum Gasteiger partial charge on any atom is -0.493 e. The summed E-state index contributed by atoms with van der Waals surface area (Å²) in [5.41, 5.74) is 0.280. The van der Waals surface area contributed by atoms with Crippen LogP contribution in [0.15, 0.2) is 48.5 Å². The third-order valence-electron chi connectivity index (χ3n) is 5.74. The number of benzene rings is 2. The number of carboxylic acid groups (broad SMARTS) is 1. The molecule has 6 heteroatoms. The first-order valence-electron chi connectivity index (χ1n) is 9.50. The molecule has 1 saturated heterocycles. The summed E-state index contributed by atoms with van der Waals surface area (Å²) in [5.74, 6) is -0.108. The van der Waals surface area contributed by atoms with E-state index in [1.54, 1.807) is 23.1 Å². The van der Waals surface area contributed by atoms with Gasteiger partial charge in [-0.2, -0.15) is 0 Å². The van der Waals surface area contributed by atoms with Crippen LogP contribution in [0.25, 0.3) is 0 Å². The largest absolute Gasteiger partial charge is 0.493 e. The summed E-state index contributed by atoms with van der Waals surface area (Å²) < 4.78 is 11.5. The minimum atomic E-state index is -1.05. The van der Waals surface area contributed by atoms with Crippen LogP contribution in [0.5, 0.6) is 11.5 Å². The molecule has 0 aromatic heterocycles. The van der Waals surface area contributed by atoms with Gasteiger partial charge < -0.3 is 19.5 Å². The molecule has 0 saturated carbocycles. The molecule has 1 amide bonds. The lowest BCUT2D eigenvalue weighted by Crippen LogP contribution is -2.42. The predicted molar refractivity (Wildman–Crippen MR) is 103 cm³/mol. The summed E-state index contributed by atoms with van der Waals surface area (Å²) in [7, 11) is 0. The highest BCUT2D eigenvalue weighted by Crippen LogP contribution is 2.44. The second kappa shape index (κ2) is 7.19. The first-order valence-corrected chi connectivity index (χ1v) is 9.50. The maximum Gasteiger partial charge on any atom is 0.312 e. The molecule has 2 aliphatic heterocycles. The van der Waals surface area contributed by atoms with Gasteiger partial charge in [-0.15, -0.1) is 0 Å². The van der Waals surface area contributed by atoms with Crippen molar-refractivity contribution in [3.05, 3.63) is 59.7 Å². The summed E-state index contributed by atoms with van der Waals surface area (Å²) in [6.45, 7) is 3.10. The molecule has 0 radical (unpaired) electrons. The number of amides is 1. The van der Waals surface area contributed by atoms with Gasteiger partial charge in [0.05, 0.1) is 24.2 Å². The van der Waals surface area contributed by atoms with Crippen LogP contribution in [0.1, 0.15) is 22.8 Å². The zero-order chi connectivity index (χ0) is 19.7. The van der Waals surface area contributed by atoms with Gasteiger partial charge in [-0.3, -0.25) is 9.59 Å². The molecule has 4 rings (SSSR count). The van der Waals surface area contributed by atoms with Crippen molar-refractivity contribution < 1.29 is 24.2 Å². The summed E-state index contributed by atoms with van der Waals surface area (Å²) in [6.07, 6.45) is 0.347. The number of carboxylic acids is 1. The van der Waals surface area contributed by atoms with Crippen molar-refractivity contribution in [2.24, 2.45) is 11.3 Å². The lowest BCUT2D eigenvalue weighted by atomic mass is 9.74. The predicted octanol–water partition coefficient (Wildman–Crippen LogP) is 2.86. The Balaban J connectivity index is 1.66. The Morgan fingerprint density at radius 3 is 2.75 bits per heavy atom. The van der Waals surface area contributed by atoms with Crippen molar-refractivity contribution in [1.82, 2.24) is 4.90 Å². The fourth-order valence-electron chi connectivity index (χ4n) is 4.28. The van der Waals surface area contributed by atoms with Crippen LogP contribution < -0.4 is 9.47 Å². The molecule has 0 aliphatic carbocycles. The van der Waals surface area contributed by atoms with Crippen LogP contribution in [0, 0.1) is 11.3 Å². The van der Waals surface area contributed by atoms with Crippen LogP contribution in [-0.4, -0.2) is 48.2 Å². The molecule has 1 unspecified atom stereocenters. The molecule has 0 bridgehead atoms. The van der Waals surface area contributed by atoms with E-state index in [2.05, 4.69) is 0 Å². The first kappa shape index (κ1) is 18.3. The number of aliphatic carboxylic acids is 1. The Morgan fingerprint density at radius 1 is 1.21 bits per heavy atom. The van der Waals surface area contributed by atoms with E-state index >= 15 is 0 Å². The summed E-state index contributed by atoms with van der Waals surface area (Å²) >= 11 is 0. The second-order valence-electron chi connectivity index (χ2n) is 7.37. The number of nitrogens with zero attached hydrogens (tertiary/aromatic N) is 1. The van der Waals surface area contributed by atoms with Crippen molar-refractivity contribution in [3.8, 4) is 11.5 Å². The number of para-hydroxylation sites is 2. The normalized spacial score (nSPS) is 23.2. The number of hydrogen-bond donors (Lipinski definition) is 1. The van der Waals surface area contributed by atoms with E-state index in [1.165, 1.54) is 0 Å². The van der Waals surface area contributed by atoms with E-state index in [-0.39, 0.29) is 25.0 Å². The highest BCUT2D eigenvalue weighted by molar-refractivity contribution is 5.97. The Labute approximate surface area is 163 Å². The van der Waals surface area contributed by atoms with Crippen LogP contribution in [0.4, 0.5) is 0 Å². The number of hydrogen-bond acceptors (Lipinski definition) is 4. The molecule has 2 heterocycles. The van der Waals surface area contributed by atoms with E-state index < -0.39 is 11.4 Å². The molecular formula is C22H23NO5. The molecule has 2 aromatic carbocycles. The molecule has 0 spiro atoms. The van der Waals surface area contributed by atoms with E-state index in [9.17, 15) is 14.7 Å². The Bertz CT molecular complexity index is 911. The van der Waals surface area contributed by atoms with Gasteiger partial charge in [-0.25, -0.2) is 0 Å². The van der Waals surface area contributed by atoms with E-state index in [0.29, 0.717) is 30.9 Å². The van der Waals surface area contributed by atoms with Gasteiger partial charge >= 0.3 is 5.97 Å². The third kappa shape index (κ3) is 2.99. The number of rotatable bonds is 4. The quantitative estimate of drug-likeness (QED) is 0.881. The summed E-state index contributed by atoms with van der Waals surface area (Å²) in [4.78, 5) is 27.2. The monoisotopic (exact) mass is 381 g/mol. The van der Waals surface area contributed by atoms with Gasteiger partial charge in [0.1, 0.15) is 11.5 Å². The van der Waals surface area contributed by atoms with Gasteiger partial charge in [0.2, 0.25) is 0 Å². The average Bonchev–Trinajstić information content (AvgIpc) is 2.99. The fourth-order valence-corrected chi connectivity index (χ4v) is 4.28. The zero-order valence-electron chi connectivity index (χ0n) is 15.8. The fraction of sp³-hybridized carbons (Fsp3) is 0.364. The minimum absolute atomic E-state index is 0.157. The van der Waals surface area contributed by atoms with Gasteiger partial charge in [0, 0.05) is 19.0 Å². The number of fused-ring (bicyclic) bond motifs is 2. The van der Waals surface area contributed by atoms with E-state index in [1.807, 2.05) is 37.3 Å². The second-order valence-corrected chi connectivity index (χ2v) is 7.37. The maximum atomic E-state index is 13.2. The van der Waals surface area contributed by atoms with Gasteiger partial charge in [-0.05, 0) is 37.1 Å². The topological polar surface area (TPSA) is 76.1 Å². The Hall–Kier alpha value is -3.02. The van der Waals surface area contributed by atoms with Gasteiger partial charge in [0.15, 0.2) is 0 Å². The van der Waals surface area contributed by atoms with Crippen molar-refractivity contribution in [2.45, 2.75) is 13.3 Å². The molecule has 6 nitrogen and oxygen atoms in total. The number of likely N-dealkylation sites (tertiary alicyclic amines) is 1. The Morgan fingerprint density at radius 2 is 1.96 bits per heavy atom. The third-order valence-corrected chi connectivity index (χ3v) is 5.74. The van der Waals surface area contributed by atoms with Crippen molar-refractivity contribution in [2.75, 3.05) is 26.3 Å². The smallest absolute Gasteiger partial charge is 0.312 e. The van der Waals surface area contributed by atoms with Gasteiger partial charge in [0.25, 0.3) is 5.91 Å². The Kier molecular flexibility index (Phi) is 4.71. The van der Waals surface area contributed by atoms with E-state index in [4.69, 9.17) is 9.47 Å². The summed E-state index contributed by atoms with van der Waals surface area (Å²) in [6, 6.07) is 14.6. The van der Waals surface area contributed by atoms with Gasteiger partial charge in [-0.1, -0.05) is 30.3 Å². The number of carbonyl (C=O) groups is 2. The lowest BCUT2D eigenvalue weighted by Gasteiger charge is -2.27. The zero-order valence-corrected chi connectivity index (χ0v) is 15.8. The van der Waals surface area contributed by atoms with Crippen LogP contribution in [0.2, 0.25) is 0 Å². The van der Waals surface area contributed by atoms with Crippen molar-refractivity contribution in [3.63, 3.8) is 0 Å².